The first-order chi connectivity index (χ1) is 40.2. The van der Waals surface area contributed by atoms with Crippen molar-refractivity contribution >= 4 is 31.9 Å². The molecule has 2 fully saturated rings. The Labute approximate surface area is 485 Å². The van der Waals surface area contributed by atoms with Crippen LogP contribution >= 0.6 is 0 Å². The number of nitrogens with zero attached hydrogens (tertiary/aromatic N) is 16. The number of aryl methyl sites for hydroxylation is 4. The summed E-state index contributed by atoms with van der Waals surface area (Å²) in [5.41, 5.74) is 0.690. The summed E-state index contributed by atoms with van der Waals surface area (Å²) in [5.74, 6) is -0.880. The Bertz CT molecular complexity index is 3940. The molecular weight excluding hydrogens is 1160 g/mol. The van der Waals surface area contributed by atoms with E-state index >= 15 is 0 Å². The van der Waals surface area contributed by atoms with Crippen LogP contribution in [0.5, 0.6) is 0 Å². The van der Waals surface area contributed by atoms with Crippen molar-refractivity contribution in [2.75, 3.05) is 43.9 Å². The van der Waals surface area contributed by atoms with E-state index in [1.807, 2.05) is 13.8 Å². The first kappa shape index (κ1) is 60.3. The molecule has 0 aliphatic carbocycles. The minimum atomic E-state index is -4.82. The molecule has 8 aromatic heterocycles. The predicted molar refractivity (Wildman–Crippen MR) is 299 cm³/mol. The number of pyridine rings is 2. The van der Waals surface area contributed by atoms with Gasteiger partial charge in [-0.05, 0) is 83.2 Å². The van der Waals surface area contributed by atoms with E-state index in [1.165, 1.54) is 76.9 Å². The molecule has 0 amide bonds. The SMILES string of the molecule is CNCc1ccc(-n2cc(-c3nc(N[C@H]4CCN(S(=O)(=O)c5cn(C)cn5)C[C@H]4CC(C)NCc4ccc(-n5cc(-c6nc(N[C@H]7CCN(S(=O)(=O)c8cn(C)cn8)C[C@H]7C)ncc6C(F)(F)F)cn5)c(C)n4)ncc3C(F)(F)F)cn2)c(C)n1. The van der Waals surface area contributed by atoms with Crippen LogP contribution in [0.25, 0.3) is 33.9 Å². The number of imidazole rings is 2. The third-order valence-electron chi connectivity index (χ3n) is 15.0. The molecule has 0 radical (unpaired) electrons. The molecule has 0 bridgehead atoms. The molecule has 32 heteroatoms. The Morgan fingerprint density at radius 2 is 1.09 bits per heavy atom. The second-order valence-corrected chi connectivity index (χ2v) is 25.2. The highest BCUT2D eigenvalue weighted by Gasteiger charge is 2.41. The second kappa shape index (κ2) is 23.9. The quantitative estimate of drug-likeness (QED) is 0.0659. The average molecular weight is 1220 g/mol. The van der Waals surface area contributed by atoms with E-state index < -0.39 is 66.9 Å². The molecule has 8 aromatic rings. The third-order valence-corrected chi connectivity index (χ3v) is 18.5. The molecule has 10 rings (SSSR count). The van der Waals surface area contributed by atoms with Gasteiger partial charge in [-0.25, -0.2) is 56.1 Å². The number of rotatable bonds is 19. The molecule has 2 aliphatic heterocycles. The van der Waals surface area contributed by atoms with Gasteiger partial charge in [-0.1, -0.05) is 6.92 Å². The van der Waals surface area contributed by atoms with Gasteiger partial charge < -0.3 is 30.4 Å². The first-order valence-corrected chi connectivity index (χ1v) is 29.9. The van der Waals surface area contributed by atoms with Crippen LogP contribution in [-0.2, 0) is 59.6 Å². The molecule has 5 atom stereocenters. The van der Waals surface area contributed by atoms with Crippen LogP contribution in [0.4, 0.5) is 38.2 Å². The van der Waals surface area contributed by atoms with Crippen LogP contribution in [-0.4, -0.2) is 145 Å². The largest absolute Gasteiger partial charge is 0.419 e. The lowest BCUT2D eigenvalue weighted by molar-refractivity contribution is -0.138. The van der Waals surface area contributed by atoms with Crippen molar-refractivity contribution in [1.82, 2.24) is 87.8 Å². The van der Waals surface area contributed by atoms with Crippen molar-refractivity contribution in [3.8, 4) is 33.9 Å². The topological polar surface area (TPSA) is 271 Å². The monoisotopic (exact) mass is 1220 g/mol. The molecule has 2 saturated heterocycles. The summed E-state index contributed by atoms with van der Waals surface area (Å²) in [7, 11) is -2.79. The van der Waals surface area contributed by atoms with E-state index in [9.17, 15) is 43.2 Å². The van der Waals surface area contributed by atoms with Crippen molar-refractivity contribution in [1.29, 1.82) is 0 Å². The lowest BCUT2D eigenvalue weighted by atomic mass is 9.88. The molecule has 85 heavy (non-hydrogen) atoms. The Hall–Kier alpha value is -7.78. The van der Waals surface area contributed by atoms with Gasteiger partial charge in [0, 0.05) is 120 Å². The fraction of sp³-hybridized carbons (Fsp3) is 0.434. The number of sulfonamides is 2. The van der Waals surface area contributed by atoms with Crippen molar-refractivity contribution in [2.45, 2.75) is 101 Å². The maximum absolute atomic E-state index is 14.6. The van der Waals surface area contributed by atoms with E-state index in [0.29, 0.717) is 54.0 Å². The van der Waals surface area contributed by atoms with Crippen molar-refractivity contribution in [3.05, 3.63) is 120 Å². The summed E-state index contributed by atoms with van der Waals surface area (Å²) >= 11 is 0. The first-order valence-electron chi connectivity index (χ1n) is 27.0. The molecule has 0 spiro atoms. The fourth-order valence-corrected chi connectivity index (χ4v) is 13.6. The lowest BCUT2D eigenvalue weighted by Gasteiger charge is -2.39. The Kier molecular flexibility index (Phi) is 17.0. The van der Waals surface area contributed by atoms with Gasteiger partial charge in [-0.2, -0.15) is 45.2 Å². The van der Waals surface area contributed by atoms with Crippen molar-refractivity contribution < 1.29 is 43.2 Å². The molecule has 1 unspecified atom stereocenters. The standard InChI is InChI=1S/C53H62F6N20O4S2/c1-31-23-76(84(80,81)46-27-74(6)29-64-46)14-12-42(31)70-50-62-21-40(52(54,55)56)48(72-50)36-17-67-79(25-36)45-11-9-39(69-34(45)4)20-61-32(2)16-35-24-77(85(82,83)47-28-75(7)30-65-47)15-13-43(35)71-51-63-22-41(53(57,58)59)49(73-51)37-18-66-78(26-37)44-10-8-38(19-60-5)68-33(44)3/h8-11,17-18,21-22,25-32,35,42-43,60-61H,12-16,19-20,23-24H2,1-7H3,(H,62,70,72)(H,63,71,73)/t31-,32?,35-,42+,43+/m1/s1. The van der Waals surface area contributed by atoms with Gasteiger partial charge in [0.05, 0.1) is 70.6 Å². The summed E-state index contributed by atoms with van der Waals surface area (Å²) in [6.07, 6.45) is 3.77. The number of hydrogen-bond acceptors (Lipinski definition) is 18. The smallest absolute Gasteiger partial charge is 0.351 e. The number of anilines is 2. The van der Waals surface area contributed by atoms with Crippen LogP contribution in [0.3, 0.4) is 0 Å². The Morgan fingerprint density at radius 3 is 1.54 bits per heavy atom. The van der Waals surface area contributed by atoms with Gasteiger partial charge in [0.2, 0.25) is 11.9 Å². The molecular formula is C53H62F6N20O4S2. The van der Waals surface area contributed by atoms with E-state index in [2.05, 4.69) is 66.4 Å². The second-order valence-electron chi connectivity index (χ2n) is 21.4. The van der Waals surface area contributed by atoms with Crippen LogP contribution in [0, 0.1) is 25.7 Å². The van der Waals surface area contributed by atoms with Crippen molar-refractivity contribution in [3.63, 3.8) is 0 Å². The molecule has 10 heterocycles. The summed E-state index contributed by atoms with van der Waals surface area (Å²) in [6, 6.07) is 5.88. The number of aromatic nitrogens is 14. The predicted octanol–water partition coefficient (Wildman–Crippen LogP) is 6.17. The number of hydrogen-bond donors (Lipinski definition) is 4. The highest BCUT2D eigenvalue weighted by Crippen LogP contribution is 2.39. The lowest BCUT2D eigenvalue weighted by Crippen LogP contribution is -2.50. The van der Waals surface area contributed by atoms with Crippen LogP contribution in [0.1, 0.15) is 67.0 Å². The van der Waals surface area contributed by atoms with E-state index in [-0.39, 0.29) is 90.2 Å². The van der Waals surface area contributed by atoms with Gasteiger partial charge >= 0.3 is 12.4 Å². The van der Waals surface area contributed by atoms with Crippen molar-refractivity contribution in [2.24, 2.45) is 25.9 Å². The third kappa shape index (κ3) is 13.2. The summed E-state index contributed by atoms with van der Waals surface area (Å²) in [5, 5.41) is 21.4. The zero-order chi connectivity index (χ0) is 60.8. The number of alkyl halides is 6. The van der Waals surface area contributed by atoms with Gasteiger partial charge in [0.25, 0.3) is 20.0 Å². The summed E-state index contributed by atoms with van der Waals surface area (Å²) in [6.45, 7) is 8.37. The molecule has 0 aromatic carbocycles. The normalized spacial score (nSPS) is 18.9. The highest BCUT2D eigenvalue weighted by molar-refractivity contribution is 7.89. The molecule has 4 N–H and O–H groups in total. The molecule has 2 aliphatic rings. The fourth-order valence-electron chi connectivity index (χ4n) is 10.6. The molecule has 452 valence electrons. The van der Waals surface area contributed by atoms with Gasteiger partial charge in [-0.3, -0.25) is 9.97 Å². The minimum Gasteiger partial charge on any atom is -0.351 e. The van der Waals surface area contributed by atoms with Gasteiger partial charge in [-0.15, -0.1) is 0 Å². The minimum absolute atomic E-state index is 0.0270. The summed E-state index contributed by atoms with van der Waals surface area (Å²) in [4.78, 5) is 34.3. The summed E-state index contributed by atoms with van der Waals surface area (Å²) < 4.78 is 150. The molecule has 0 saturated carbocycles. The van der Waals surface area contributed by atoms with E-state index in [1.54, 1.807) is 59.3 Å². The number of nitrogens with one attached hydrogen (secondary N) is 4. The van der Waals surface area contributed by atoms with Crippen LogP contribution < -0.4 is 21.3 Å². The van der Waals surface area contributed by atoms with E-state index in [4.69, 9.17) is 4.98 Å². The molecule has 24 nitrogen and oxygen atoms in total. The highest BCUT2D eigenvalue weighted by atomic mass is 32.2. The Morgan fingerprint density at radius 1 is 0.624 bits per heavy atom. The Balaban J connectivity index is 0.832. The number of piperidine rings is 2. The van der Waals surface area contributed by atoms with Crippen LogP contribution in [0.15, 0.2) is 96.5 Å². The van der Waals surface area contributed by atoms with Crippen LogP contribution in [0.2, 0.25) is 0 Å². The zero-order valence-corrected chi connectivity index (χ0v) is 48.8. The van der Waals surface area contributed by atoms with E-state index in [0.717, 1.165) is 11.9 Å². The van der Waals surface area contributed by atoms with Gasteiger partial charge in [0.1, 0.15) is 11.1 Å². The zero-order valence-electron chi connectivity index (χ0n) is 47.2. The van der Waals surface area contributed by atoms with Gasteiger partial charge in [0.15, 0.2) is 10.1 Å². The maximum Gasteiger partial charge on any atom is 0.419 e. The maximum atomic E-state index is 14.6. The number of halogens is 6. The average Bonchev–Trinajstić information content (AvgIpc) is 3.49.